The standard InChI is InChI=1S/C27H29NO6/c1-33-24(29)15-34-23-7-4-20(25(30)28-21-5-2-19(3-6-21)26(31)32)11-22(23)27-12-16-8-17(13-27)10-18(9-16)14-27/h2-7,11,16-18H,8-10,12-15H2,1H3,(H,28,30)(H,31,32). The summed E-state index contributed by atoms with van der Waals surface area (Å²) in [7, 11) is 1.34. The van der Waals surface area contributed by atoms with Crippen LogP contribution in [0.5, 0.6) is 5.75 Å². The van der Waals surface area contributed by atoms with Crippen molar-refractivity contribution in [3.63, 3.8) is 0 Å². The van der Waals surface area contributed by atoms with Gasteiger partial charge in [-0.25, -0.2) is 9.59 Å². The Balaban J connectivity index is 1.44. The number of methoxy groups -OCH3 is 1. The molecule has 0 unspecified atom stereocenters. The molecule has 178 valence electrons. The van der Waals surface area contributed by atoms with E-state index in [-0.39, 0.29) is 23.5 Å². The maximum Gasteiger partial charge on any atom is 0.343 e. The van der Waals surface area contributed by atoms with E-state index in [0.29, 0.717) is 34.8 Å². The van der Waals surface area contributed by atoms with E-state index in [1.807, 2.05) is 6.07 Å². The summed E-state index contributed by atoms with van der Waals surface area (Å²) in [6.07, 6.45) is 7.16. The minimum Gasteiger partial charge on any atom is -0.482 e. The predicted molar refractivity (Wildman–Crippen MR) is 125 cm³/mol. The van der Waals surface area contributed by atoms with Gasteiger partial charge < -0.3 is 19.9 Å². The number of carboxylic acid groups (broad SMARTS) is 1. The maximum atomic E-state index is 13.1. The van der Waals surface area contributed by atoms with Crippen molar-refractivity contribution in [1.82, 2.24) is 0 Å². The van der Waals surface area contributed by atoms with Crippen molar-refractivity contribution in [2.24, 2.45) is 17.8 Å². The molecule has 4 saturated carbocycles. The number of anilines is 1. The van der Waals surface area contributed by atoms with Crippen LogP contribution in [-0.2, 0) is 14.9 Å². The summed E-state index contributed by atoms with van der Waals surface area (Å²) >= 11 is 0. The van der Waals surface area contributed by atoms with Crippen LogP contribution in [0.3, 0.4) is 0 Å². The number of hydrogen-bond donors (Lipinski definition) is 2. The highest BCUT2D eigenvalue weighted by molar-refractivity contribution is 6.04. The van der Waals surface area contributed by atoms with Crippen molar-refractivity contribution < 1.29 is 29.0 Å². The maximum absolute atomic E-state index is 13.1. The van der Waals surface area contributed by atoms with E-state index < -0.39 is 11.9 Å². The van der Waals surface area contributed by atoms with E-state index in [1.54, 1.807) is 24.3 Å². The topological polar surface area (TPSA) is 102 Å². The van der Waals surface area contributed by atoms with Gasteiger partial charge in [0, 0.05) is 16.8 Å². The Labute approximate surface area is 198 Å². The Morgan fingerprint density at radius 3 is 2.09 bits per heavy atom. The molecule has 0 heterocycles. The molecule has 2 aromatic rings. The van der Waals surface area contributed by atoms with Gasteiger partial charge in [0.1, 0.15) is 5.75 Å². The van der Waals surface area contributed by atoms with Crippen LogP contribution in [0, 0.1) is 17.8 Å². The molecule has 2 aromatic carbocycles. The van der Waals surface area contributed by atoms with Crippen molar-refractivity contribution in [2.75, 3.05) is 19.0 Å². The van der Waals surface area contributed by atoms with Gasteiger partial charge in [0.25, 0.3) is 5.91 Å². The number of ether oxygens (including phenoxy) is 2. The summed E-state index contributed by atoms with van der Waals surface area (Å²) in [5.41, 5.74) is 2.19. The molecule has 0 spiro atoms. The molecule has 0 saturated heterocycles. The average Bonchev–Trinajstić information content (AvgIpc) is 2.82. The van der Waals surface area contributed by atoms with Crippen molar-refractivity contribution in [1.29, 1.82) is 0 Å². The van der Waals surface area contributed by atoms with E-state index in [9.17, 15) is 14.4 Å². The number of amides is 1. The average molecular weight is 464 g/mol. The van der Waals surface area contributed by atoms with Gasteiger partial charge in [0.05, 0.1) is 12.7 Å². The zero-order chi connectivity index (χ0) is 23.9. The fourth-order valence-electron chi connectivity index (χ4n) is 6.75. The molecule has 4 aliphatic carbocycles. The highest BCUT2D eigenvalue weighted by atomic mass is 16.6. The molecule has 34 heavy (non-hydrogen) atoms. The van der Waals surface area contributed by atoms with E-state index in [2.05, 4.69) is 5.32 Å². The van der Waals surface area contributed by atoms with E-state index in [4.69, 9.17) is 14.6 Å². The zero-order valence-electron chi connectivity index (χ0n) is 19.2. The van der Waals surface area contributed by atoms with E-state index in [0.717, 1.165) is 24.8 Å². The van der Waals surface area contributed by atoms with Crippen molar-refractivity contribution >= 4 is 23.5 Å². The molecule has 1 amide bonds. The molecule has 7 heteroatoms. The molecule has 6 rings (SSSR count). The highest BCUT2D eigenvalue weighted by Crippen LogP contribution is 2.62. The second-order valence-corrected chi connectivity index (χ2v) is 10.1. The Morgan fingerprint density at radius 2 is 1.53 bits per heavy atom. The van der Waals surface area contributed by atoms with Gasteiger partial charge in [-0.1, -0.05) is 0 Å². The van der Waals surface area contributed by atoms with Crippen LogP contribution in [0.2, 0.25) is 0 Å². The number of nitrogens with one attached hydrogen (secondary N) is 1. The first-order chi connectivity index (χ1) is 16.3. The first-order valence-corrected chi connectivity index (χ1v) is 11.8. The van der Waals surface area contributed by atoms with E-state index in [1.165, 1.54) is 38.5 Å². The molecule has 4 aliphatic rings. The molecular weight excluding hydrogens is 434 g/mol. The predicted octanol–water partition coefficient (Wildman–Crippen LogP) is 4.66. The van der Waals surface area contributed by atoms with Crippen LogP contribution in [0.25, 0.3) is 0 Å². The van der Waals surface area contributed by atoms with Crippen LogP contribution in [0.4, 0.5) is 5.69 Å². The second-order valence-electron chi connectivity index (χ2n) is 10.1. The minimum absolute atomic E-state index is 0.0281. The van der Waals surface area contributed by atoms with Crippen LogP contribution in [-0.4, -0.2) is 36.7 Å². The van der Waals surface area contributed by atoms with Gasteiger partial charge in [-0.15, -0.1) is 0 Å². The number of hydrogen-bond acceptors (Lipinski definition) is 5. The number of carbonyl (C=O) groups is 3. The lowest BCUT2D eigenvalue weighted by Gasteiger charge is -2.57. The summed E-state index contributed by atoms with van der Waals surface area (Å²) in [5.74, 6) is 1.06. The molecule has 0 atom stereocenters. The van der Waals surface area contributed by atoms with Crippen LogP contribution < -0.4 is 10.1 Å². The molecule has 2 N–H and O–H groups in total. The quantitative estimate of drug-likeness (QED) is 0.579. The largest absolute Gasteiger partial charge is 0.482 e. The highest BCUT2D eigenvalue weighted by Gasteiger charge is 2.52. The third-order valence-corrected chi connectivity index (χ3v) is 7.81. The monoisotopic (exact) mass is 463 g/mol. The second kappa shape index (κ2) is 8.78. The molecular formula is C27H29NO6. The molecule has 0 radical (unpaired) electrons. The van der Waals surface area contributed by atoms with Gasteiger partial charge >= 0.3 is 11.9 Å². The first-order valence-electron chi connectivity index (χ1n) is 11.8. The smallest absolute Gasteiger partial charge is 0.343 e. The summed E-state index contributed by atoms with van der Waals surface area (Å²) in [6.45, 7) is -0.169. The Bertz CT molecular complexity index is 1090. The Hall–Kier alpha value is -3.35. The van der Waals surface area contributed by atoms with Gasteiger partial charge in [-0.3, -0.25) is 4.79 Å². The summed E-state index contributed by atoms with van der Waals surface area (Å²) in [5, 5.41) is 11.9. The van der Waals surface area contributed by atoms with Crippen molar-refractivity contribution in [3.8, 4) is 5.75 Å². The summed E-state index contributed by atoms with van der Waals surface area (Å²) in [4.78, 5) is 35.9. The van der Waals surface area contributed by atoms with Crippen LogP contribution in [0.1, 0.15) is 64.8 Å². The van der Waals surface area contributed by atoms with Crippen LogP contribution in [0.15, 0.2) is 42.5 Å². The van der Waals surface area contributed by atoms with Gasteiger partial charge in [0.15, 0.2) is 6.61 Å². The third-order valence-electron chi connectivity index (χ3n) is 7.81. The van der Waals surface area contributed by atoms with Crippen molar-refractivity contribution in [3.05, 3.63) is 59.2 Å². The minimum atomic E-state index is -1.01. The number of esters is 1. The molecule has 4 bridgehead atoms. The molecule has 0 aliphatic heterocycles. The number of benzene rings is 2. The van der Waals surface area contributed by atoms with Crippen LogP contribution >= 0.6 is 0 Å². The lowest BCUT2D eigenvalue weighted by atomic mass is 9.48. The number of carbonyl (C=O) groups excluding carboxylic acids is 2. The van der Waals surface area contributed by atoms with Gasteiger partial charge in [-0.2, -0.15) is 0 Å². The third kappa shape index (κ3) is 4.27. The van der Waals surface area contributed by atoms with Crippen molar-refractivity contribution in [2.45, 2.75) is 43.9 Å². The van der Waals surface area contributed by atoms with Gasteiger partial charge in [-0.05, 0) is 104 Å². The lowest BCUT2D eigenvalue weighted by Crippen LogP contribution is -2.48. The Morgan fingerprint density at radius 1 is 0.941 bits per heavy atom. The fraction of sp³-hybridized carbons (Fsp3) is 0.444. The lowest BCUT2D eigenvalue weighted by molar-refractivity contribution is -0.143. The molecule has 0 aromatic heterocycles. The Kier molecular flexibility index (Phi) is 5.80. The number of rotatable bonds is 7. The van der Waals surface area contributed by atoms with Gasteiger partial charge in [0.2, 0.25) is 0 Å². The number of carboxylic acids is 1. The summed E-state index contributed by atoms with van der Waals surface area (Å²) in [6, 6.07) is 11.5. The number of aromatic carboxylic acids is 1. The summed E-state index contributed by atoms with van der Waals surface area (Å²) < 4.78 is 10.7. The fourth-order valence-corrected chi connectivity index (χ4v) is 6.75. The molecule has 4 fully saturated rings. The van der Waals surface area contributed by atoms with E-state index >= 15 is 0 Å². The zero-order valence-corrected chi connectivity index (χ0v) is 19.2. The SMILES string of the molecule is COC(=O)COc1ccc(C(=O)Nc2ccc(C(=O)O)cc2)cc1C12CC3CC(CC(C3)C1)C2. The normalized spacial score (nSPS) is 26.7. The molecule has 7 nitrogen and oxygen atoms in total. The first kappa shape index (κ1) is 22.4.